The third-order valence-electron chi connectivity index (χ3n) is 6.36. The fraction of sp³-hybridized carbons (Fsp3) is 0.657. The van der Waals surface area contributed by atoms with E-state index in [1.165, 1.54) is 0 Å². The molecule has 16 nitrogen and oxygen atoms in total. The molecule has 0 heterocycles. The Balaban J connectivity index is 3.32. The van der Waals surface area contributed by atoms with Gasteiger partial charge in [-0.15, -0.1) is 0 Å². The minimum absolute atomic E-state index is 0.00721. The number of carbonyl (C=O) groups excluding carboxylic acids is 6. The number of hydrogen-bond donors (Lipinski definition) is 5. The van der Waals surface area contributed by atoms with E-state index in [1.54, 1.807) is 86.6 Å². The van der Waals surface area contributed by atoms with Gasteiger partial charge in [-0.2, -0.15) is 0 Å². The number of alkyl carbamates (subject to hydrolysis) is 3. The zero-order valence-electron chi connectivity index (χ0n) is 31.5. The molecule has 0 saturated carbocycles. The Morgan fingerprint density at radius 1 is 0.686 bits per heavy atom. The number of amides is 6. The topological polar surface area (TPSA) is 217 Å². The molecule has 0 aliphatic heterocycles. The van der Waals surface area contributed by atoms with Gasteiger partial charge in [0.05, 0.1) is 0 Å². The number of benzene rings is 1. The second kappa shape index (κ2) is 20.9. The molecule has 1 aromatic carbocycles. The monoisotopic (exact) mass is 722 g/mol. The summed E-state index contributed by atoms with van der Waals surface area (Å²) in [6.45, 7) is 15.1. The molecule has 0 spiro atoms. The Hall–Kier alpha value is -4.60. The van der Waals surface area contributed by atoms with Crippen molar-refractivity contribution in [3.63, 3.8) is 0 Å². The Morgan fingerprint density at radius 2 is 1.22 bits per heavy atom. The Bertz CT molecular complexity index is 1290. The van der Waals surface area contributed by atoms with Crippen molar-refractivity contribution in [1.29, 1.82) is 0 Å². The summed E-state index contributed by atoms with van der Waals surface area (Å²) in [6, 6.07) is 6.09. The molecular weight excluding hydrogens is 664 g/mol. The van der Waals surface area contributed by atoms with Gasteiger partial charge in [-0.05, 0) is 100 Å². The van der Waals surface area contributed by atoms with Gasteiger partial charge in [-0.1, -0.05) is 30.3 Å². The van der Waals surface area contributed by atoms with E-state index in [0.29, 0.717) is 10.5 Å². The van der Waals surface area contributed by atoms with Gasteiger partial charge in [0.25, 0.3) is 5.91 Å². The molecule has 16 heteroatoms. The van der Waals surface area contributed by atoms with Gasteiger partial charge in [0.2, 0.25) is 5.91 Å². The normalized spacial score (nSPS) is 12.7. The Kier molecular flexibility index (Phi) is 18.2. The highest BCUT2D eigenvalue weighted by molar-refractivity contribution is 6.01. The van der Waals surface area contributed by atoms with Crippen LogP contribution in [0, 0.1) is 0 Å². The van der Waals surface area contributed by atoms with Crippen molar-refractivity contribution in [2.24, 2.45) is 5.73 Å². The third kappa shape index (κ3) is 20.0. The summed E-state index contributed by atoms with van der Waals surface area (Å²) >= 11 is 0. The first kappa shape index (κ1) is 44.4. The van der Waals surface area contributed by atoms with Gasteiger partial charge in [-0.25, -0.2) is 24.1 Å². The molecule has 1 rings (SSSR count). The van der Waals surface area contributed by atoms with E-state index in [9.17, 15) is 28.8 Å². The Morgan fingerprint density at radius 3 is 1.75 bits per heavy atom. The quantitative estimate of drug-likeness (QED) is 0.121. The first-order valence-corrected chi connectivity index (χ1v) is 17.1. The predicted octanol–water partition coefficient (Wildman–Crippen LogP) is 4.10. The van der Waals surface area contributed by atoms with Gasteiger partial charge in [-0.3, -0.25) is 9.59 Å². The minimum atomic E-state index is -1.40. The number of nitrogens with zero attached hydrogens (tertiary/aromatic N) is 1. The lowest BCUT2D eigenvalue weighted by molar-refractivity contribution is -0.141. The summed E-state index contributed by atoms with van der Waals surface area (Å²) in [6.07, 6.45) is -3.11. The molecule has 0 saturated heterocycles. The number of ether oxygens (including phenoxy) is 4. The van der Waals surface area contributed by atoms with Crippen LogP contribution in [0.3, 0.4) is 0 Å². The fourth-order valence-electron chi connectivity index (χ4n) is 4.30. The van der Waals surface area contributed by atoms with Crippen LogP contribution >= 0.6 is 0 Å². The minimum Gasteiger partial charge on any atom is -0.445 e. The molecule has 0 unspecified atom stereocenters. The number of hydrogen-bond acceptors (Lipinski definition) is 11. The number of nitrogens with two attached hydrogens (primary N) is 1. The van der Waals surface area contributed by atoms with E-state index in [4.69, 9.17) is 24.7 Å². The summed E-state index contributed by atoms with van der Waals surface area (Å²) in [5.41, 5.74) is 3.94. The SMILES string of the molecule is CC(C)(C)OC(=O)NCCC[C@@H](NC(=O)OCc1ccccc1)C(=O)N(C(=O)OC(C)(C)C)[C@@H](CCCN)C(=O)NCCNC(=O)OC(C)(C)C. The molecule has 2 atom stereocenters. The summed E-state index contributed by atoms with van der Waals surface area (Å²) in [7, 11) is 0. The summed E-state index contributed by atoms with van der Waals surface area (Å²) in [5, 5.41) is 10.3. The van der Waals surface area contributed by atoms with Crippen LogP contribution in [0.15, 0.2) is 30.3 Å². The van der Waals surface area contributed by atoms with E-state index in [-0.39, 0.29) is 58.5 Å². The van der Waals surface area contributed by atoms with Crippen molar-refractivity contribution < 1.29 is 47.7 Å². The molecule has 0 aromatic heterocycles. The molecule has 0 aliphatic carbocycles. The van der Waals surface area contributed by atoms with Crippen molar-refractivity contribution in [2.45, 2.75) is 123 Å². The summed E-state index contributed by atoms with van der Waals surface area (Å²) in [5.74, 6) is -1.66. The van der Waals surface area contributed by atoms with Crippen LogP contribution in [0.4, 0.5) is 19.2 Å². The van der Waals surface area contributed by atoms with Crippen molar-refractivity contribution in [2.75, 3.05) is 26.2 Å². The van der Waals surface area contributed by atoms with Crippen molar-refractivity contribution in [3.05, 3.63) is 35.9 Å². The van der Waals surface area contributed by atoms with Crippen LogP contribution < -0.4 is 27.0 Å². The average molecular weight is 723 g/mol. The molecule has 1 aromatic rings. The third-order valence-corrected chi connectivity index (χ3v) is 6.36. The number of nitrogens with one attached hydrogen (secondary N) is 4. The maximum atomic E-state index is 14.3. The summed E-state index contributed by atoms with van der Waals surface area (Å²) in [4.78, 5) is 79.5. The highest BCUT2D eigenvalue weighted by atomic mass is 16.6. The molecule has 288 valence electrons. The van der Waals surface area contributed by atoms with Crippen LogP contribution in [-0.2, 0) is 35.1 Å². The van der Waals surface area contributed by atoms with Crippen LogP contribution in [-0.4, -0.2) is 96.2 Å². The van der Waals surface area contributed by atoms with Crippen molar-refractivity contribution in [3.8, 4) is 0 Å². The van der Waals surface area contributed by atoms with Gasteiger partial charge in [0.15, 0.2) is 0 Å². The number of rotatable bonds is 16. The lowest BCUT2D eigenvalue weighted by Crippen LogP contribution is -2.59. The Labute approximate surface area is 301 Å². The highest BCUT2D eigenvalue weighted by Crippen LogP contribution is 2.18. The maximum Gasteiger partial charge on any atom is 0.417 e. The molecule has 0 bridgehead atoms. The van der Waals surface area contributed by atoms with Gasteiger partial charge < -0.3 is 45.9 Å². The second-order valence-electron chi connectivity index (χ2n) is 14.7. The largest absolute Gasteiger partial charge is 0.445 e. The number of carbonyl (C=O) groups is 6. The summed E-state index contributed by atoms with van der Waals surface area (Å²) < 4.78 is 21.4. The molecule has 0 aliphatic rings. The molecule has 0 fully saturated rings. The van der Waals surface area contributed by atoms with Crippen molar-refractivity contribution in [1.82, 2.24) is 26.2 Å². The zero-order valence-corrected chi connectivity index (χ0v) is 31.5. The van der Waals surface area contributed by atoms with E-state index in [0.717, 1.165) is 0 Å². The molecule has 6 amide bonds. The molecule has 51 heavy (non-hydrogen) atoms. The van der Waals surface area contributed by atoms with E-state index in [1.807, 2.05) is 6.07 Å². The lowest BCUT2D eigenvalue weighted by Gasteiger charge is -2.33. The first-order chi connectivity index (χ1) is 23.6. The standard InChI is InChI=1S/C35H58N6O10/c1-33(2,3)49-29(44)38-20-14-17-25(40-31(46)48-23-24-15-11-10-12-16-24)28(43)41(32(47)51-35(7,8)9)26(18-13-19-36)27(42)37-21-22-39-30(45)50-34(4,5)6/h10-12,15-16,25-26H,13-14,17-23,36H2,1-9H3,(H,37,42)(H,38,44)(H,39,45)(H,40,46)/t25-,26+/m1/s1. The van der Waals surface area contributed by atoms with Gasteiger partial charge in [0, 0.05) is 19.6 Å². The van der Waals surface area contributed by atoms with E-state index >= 15 is 0 Å². The number of imide groups is 1. The van der Waals surface area contributed by atoms with E-state index in [2.05, 4.69) is 21.3 Å². The highest BCUT2D eigenvalue weighted by Gasteiger charge is 2.41. The van der Waals surface area contributed by atoms with Crippen molar-refractivity contribution >= 4 is 36.2 Å². The van der Waals surface area contributed by atoms with Crippen LogP contribution in [0.1, 0.15) is 93.6 Å². The fourth-order valence-corrected chi connectivity index (χ4v) is 4.30. The van der Waals surface area contributed by atoms with Gasteiger partial charge >= 0.3 is 24.4 Å². The molecule has 6 N–H and O–H groups in total. The predicted molar refractivity (Wildman–Crippen MR) is 189 cm³/mol. The van der Waals surface area contributed by atoms with Crippen LogP contribution in [0.5, 0.6) is 0 Å². The van der Waals surface area contributed by atoms with Crippen LogP contribution in [0.25, 0.3) is 0 Å². The average Bonchev–Trinajstić information content (AvgIpc) is 2.99. The van der Waals surface area contributed by atoms with Crippen LogP contribution in [0.2, 0.25) is 0 Å². The molecule has 0 radical (unpaired) electrons. The van der Waals surface area contributed by atoms with E-state index < -0.39 is 65.1 Å². The molecular formula is C35H58N6O10. The zero-order chi connectivity index (χ0) is 38.8. The van der Waals surface area contributed by atoms with Gasteiger partial charge in [0.1, 0.15) is 35.5 Å². The second-order valence-corrected chi connectivity index (χ2v) is 14.7. The maximum absolute atomic E-state index is 14.3. The lowest BCUT2D eigenvalue weighted by atomic mass is 10.0. The smallest absolute Gasteiger partial charge is 0.417 e. The first-order valence-electron chi connectivity index (χ1n) is 17.1.